The van der Waals surface area contributed by atoms with E-state index >= 15 is 0 Å². The molecule has 0 radical (unpaired) electrons. The van der Waals surface area contributed by atoms with Gasteiger partial charge in [-0.25, -0.2) is 0 Å². The van der Waals surface area contributed by atoms with Crippen LogP contribution < -0.4 is 0 Å². The molecule has 3 aromatic rings. The molecule has 1 atom stereocenters. The molecule has 0 amide bonds. The van der Waals surface area contributed by atoms with Gasteiger partial charge >= 0.3 is 0 Å². The Balaban J connectivity index is 1.37. The molecule has 2 heteroatoms. The molecule has 0 aromatic heterocycles. The van der Waals surface area contributed by atoms with Crippen molar-refractivity contribution in [2.24, 2.45) is 5.92 Å². The number of likely N-dealkylation sites (tertiary alicyclic amines) is 1. The predicted octanol–water partition coefficient (Wildman–Crippen LogP) is 5.31. The van der Waals surface area contributed by atoms with Gasteiger partial charge in [-0.3, -0.25) is 4.90 Å². The van der Waals surface area contributed by atoms with E-state index in [0.717, 1.165) is 26.2 Å². The first-order valence-corrected chi connectivity index (χ1v) is 9.86. The van der Waals surface area contributed by atoms with Crippen LogP contribution in [-0.4, -0.2) is 24.6 Å². The Morgan fingerprint density at radius 3 is 1.93 bits per heavy atom. The number of rotatable bonds is 7. The van der Waals surface area contributed by atoms with Gasteiger partial charge in [0.15, 0.2) is 0 Å². The molecule has 27 heavy (non-hydrogen) atoms. The minimum atomic E-state index is 0.00979. The van der Waals surface area contributed by atoms with E-state index in [0.29, 0.717) is 5.92 Å². The minimum absolute atomic E-state index is 0.00979. The summed E-state index contributed by atoms with van der Waals surface area (Å²) in [7, 11) is 0. The van der Waals surface area contributed by atoms with Crippen molar-refractivity contribution in [2.75, 3.05) is 19.7 Å². The van der Waals surface area contributed by atoms with E-state index in [1.807, 2.05) is 0 Å². The van der Waals surface area contributed by atoms with E-state index in [4.69, 9.17) is 4.74 Å². The Hall–Kier alpha value is -2.42. The molecule has 1 fully saturated rings. The zero-order valence-electron chi connectivity index (χ0n) is 15.7. The molecule has 3 aromatic carbocycles. The van der Waals surface area contributed by atoms with Crippen molar-refractivity contribution in [3.63, 3.8) is 0 Å². The lowest BCUT2D eigenvalue weighted by molar-refractivity contribution is 0.0536. The molecule has 0 aliphatic carbocycles. The van der Waals surface area contributed by atoms with Gasteiger partial charge in [0.1, 0.15) is 6.10 Å². The maximum atomic E-state index is 6.47. The van der Waals surface area contributed by atoms with Gasteiger partial charge in [0.2, 0.25) is 0 Å². The summed E-state index contributed by atoms with van der Waals surface area (Å²) in [6, 6.07) is 31.9. The van der Waals surface area contributed by atoms with Crippen molar-refractivity contribution in [2.45, 2.75) is 19.1 Å². The molecule has 4 rings (SSSR count). The number of hydrogen-bond acceptors (Lipinski definition) is 2. The van der Waals surface area contributed by atoms with E-state index in [9.17, 15) is 0 Å². The van der Waals surface area contributed by atoms with Gasteiger partial charge in [-0.05, 0) is 35.6 Å². The Bertz CT molecular complexity index is 764. The van der Waals surface area contributed by atoms with Crippen LogP contribution in [0.2, 0.25) is 0 Å². The second-order valence-corrected chi connectivity index (χ2v) is 7.41. The third kappa shape index (κ3) is 4.85. The van der Waals surface area contributed by atoms with E-state index in [1.54, 1.807) is 0 Å². The molecule has 1 unspecified atom stereocenters. The number of hydrogen-bond donors (Lipinski definition) is 0. The Morgan fingerprint density at radius 2 is 1.33 bits per heavy atom. The van der Waals surface area contributed by atoms with Gasteiger partial charge in [-0.15, -0.1) is 0 Å². The van der Waals surface area contributed by atoms with Crippen molar-refractivity contribution in [1.29, 1.82) is 0 Å². The minimum Gasteiger partial charge on any atom is -0.368 e. The highest BCUT2D eigenvalue weighted by molar-refractivity contribution is 5.29. The van der Waals surface area contributed by atoms with Crippen LogP contribution in [0.1, 0.15) is 29.2 Å². The molecule has 0 N–H and O–H groups in total. The van der Waals surface area contributed by atoms with Crippen molar-refractivity contribution >= 4 is 0 Å². The normalized spacial score (nSPS) is 17.4. The average Bonchev–Trinajstić information content (AvgIpc) is 3.18. The predicted molar refractivity (Wildman–Crippen MR) is 111 cm³/mol. The number of benzene rings is 3. The molecule has 138 valence electrons. The van der Waals surface area contributed by atoms with E-state index in [2.05, 4.69) is 95.9 Å². The summed E-state index contributed by atoms with van der Waals surface area (Å²) in [5, 5.41) is 0. The van der Waals surface area contributed by atoms with Gasteiger partial charge in [-0.2, -0.15) is 0 Å². The molecule has 1 saturated heterocycles. The first-order chi connectivity index (χ1) is 13.4. The van der Waals surface area contributed by atoms with Gasteiger partial charge in [0.25, 0.3) is 0 Å². The van der Waals surface area contributed by atoms with Crippen LogP contribution in [0.15, 0.2) is 91.0 Å². The van der Waals surface area contributed by atoms with Gasteiger partial charge in [0, 0.05) is 13.1 Å². The van der Waals surface area contributed by atoms with Gasteiger partial charge < -0.3 is 4.74 Å². The van der Waals surface area contributed by atoms with Crippen LogP contribution in [0.5, 0.6) is 0 Å². The topological polar surface area (TPSA) is 12.5 Å². The fraction of sp³-hybridized carbons (Fsp3) is 0.280. The molecule has 1 aliphatic heterocycles. The summed E-state index contributed by atoms with van der Waals surface area (Å²) >= 11 is 0. The van der Waals surface area contributed by atoms with Crippen LogP contribution in [-0.2, 0) is 11.3 Å². The smallest absolute Gasteiger partial charge is 0.108 e. The molecule has 0 spiro atoms. The molecule has 0 bridgehead atoms. The standard InChI is InChI=1S/C25H27NO/c1-4-10-21(11-5-1)18-26-17-16-22(19-26)20-27-25(23-12-6-2-7-13-23)24-14-8-3-9-15-24/h1-15,22,25H,16-20H2. The fourth-order valence-corrected chi connectivity index (χ4v) is 3.91. The summed E-state index contributed by atoms with van der Waals surface area (Å²) in [6.07, 6.45) is 1.22. The lowest BCUT2D eigenvalue weighted by Crippen LogP contribution is -2.22. The fourth-order valence-electron chi connectivity index (χ4n) is 3.91. The SMILES string of the molecule is c1ccc(CN2CCC(COC(c3ccccc3)c3ccccc3)C2)cc1. The van der Waals surface area contributed by atoms with Crippen molar-refractivity contribution < 1.29 is 4.74 Å². The van der Waals surface area contributed by atoms with Gasteiger partial charge in [0.05, 0.1) is 6.61 Å². The summed E-state index contributed by atoms with van der Waals surface area (Å²) in [6.45, 7) is 4.12. The van der Waals surface area contributed by atoms with Crippen molar-refractivity contribution in [1.82, 2.24) is 4.90 Å². The zero-order valence-corrected chi connectivity index (χ0v) is 15.7. The average molecular weight is 357 g/mol. The largest absolute Gasteiger partial charge is 0.368 e. The molecular weight excluding hydrogens is 330 g/mol. The van der Waals surface area contributed by atoms with Crippen LogP contribution in [0.4, 0.5) is 0 Å². The van der Waals surface area contributed by atoms with Crippen LogP contribution in [0.25, 0.3) is 0 Å². The van der Waals surface area contributed by atoms with E-state index in [1.165, 1.54) is 23.1 Å². The summed E-state index contributed by atoms with van der Waals surface area (Å²) in [5.74, 6) is 0.601. The maximum absolute atomic E-state index is 6.47. The zero-order chi connectivity index (χ0) is 18.3. The first-order valence-electron chi connectivity index (χ1n) is 9.86. The molecule has 1 heterocycles. The highest BCUT2D eigenvalue weighted by Gasteiger charge is 2.24. The molecule has 1 aliphatic rings. The second kappa shape index (κ2) is 8.98. The van der Waals surface area contributed by atoms with Crippen molar-refractivity contribution in [3.8, 4) is 0 Å². The quantitative estimate of drug-likeness (QED) is 0.568. The van der Waals surface area contributed by atoms with E-state index < -0.39 is 0 Å². The van der Waals surface area contributed by atoms with Crippen LogP contribution in [0.3, 0.4) is 0 Å². The number of nitrogens with zero attached hydrogens (tertiary/aromatic N) is 1. The molecule has 0 saturated carbocycles. The Kier molecular flexibility index (Phi) is 5.98. The highest BCUT2D eigenvalue weighted by Crippen LogP contribution is 2.28. The lowest BCUT2D eigenvalue weighted by Gasteiger charge is -2.22. The summed E-state index contributed by atoms with van der Waals surface area (Å²) < 4.78 is 6.47. The van der Waals surface area contributed by atoms with Crippen molar-refractivity contribution in [3.05, 3.63) is 108 Å². The Morgan fingerprint density at radius 1 is 0.778 bits per heavy atom. The second-order valence-electron chi connectivity index (χ2n) is 7.41. The number of ether oxygens (including phenoxy) is 1. The lowest BCUT2D eigenvalue weighted by atomic mass is 10.0. The highest BCUT2D eigenvalue weighted by atomic mass is 16.5. The molecule has 2 nitrogen and oxygen atoms in total. The third-order valence-corrected chi connectivity index (χ3v) is 5.32. The monoisotopic (exact) mass is 357 g/mol. The van der Waals surface area contributed by atoms with Crippen LogP contribution in [0, 0.1) is 5.92 Å². The first kappa shape index (κ1) is 18.0. The Labute approximate surface area is 162 Å². The third-order valence-electron chi connectivity index (χ3n) is 5.32. The van der Waals surface area contributed by atoms with Gasteiger partial charge in [-0.1, -0.05) is 91.0 Å². The van der Waals surface area contributed by atoms with Crippen LogP contribution >= 0.6 is 0 Å². The summed E-state index contributed by atoms with van der Waals surface area (Å²) in [5.41, 5.74) is 3.84. The summed E-state index contributed by atoms with van der Waals surface area (Å²) in [4.78, 5) is 2.55. The maximum Gasteiger partial charge on any atom is 0.108 e. The molecular formula is C25H27NO. The van der Waals surface area contributed by atoms with E-state index in [-0.39, 0.29) is 6.10 Å².